The predicted molar refractivity (Wildman–Crippen MR) is 45.9 cm³/mol. The SMILES string of the molecule is Cc1nnn(Cc2cccnc2)n1. The van der Waals surface area contributed by atoms with E-state index in [9.17, 15) is 0 Å². The normalized spacial score (nSPS) is 10.2. The minimum absolute atomic E-state index is 0.620. The maximum Gasteiger partial charge on any atom is 0.171 e. The summed E-state index contributed by atoms with van der Waals surface area (Å²) in [6.45, 7) is 2.43. The van der Waals surface area contributed by atoms with Crippen molar-refractivity contribution in [3.63, 3.8) is 0 Å². The molecule has 2 aromatic heterocycles. The van der Waals surface area contributed by atoms with Crippen molar-refractivity contribution in [2.75, 3.05) is 0 Å². The predicted octanol–water partition coefficient (Wildman–Crippen LogP) is 0.425. The van der Waals surface area contributed by atoms with Crippen LogP contribution < -0.4 is 0 Å². The molecule has 2 aromatic rings. The molecule has 0 aliphatic rings. The van der Waals surface area contributed by atoms with E-state index in [0.717, 1.165) is 5.56 Å². The Bertz CT molecular complexity index is 380. The second-order valence-corrected chi connectivity index (χ2v) is 2.73. The summed E-state index contributed by atoms with van der Waals surface area (Å²) >= 11 is 0. The molecule has 0 amide bonds. The van der Waals surface area contributed by atoms with E-state index in [1.165, 1.54) is 0 Å². The Balaban J connectivity index is 2.15. The average Bonchev–Trinajstić information content (AvgIpc) is 2.53. The Hall–Kier alpha value is -1.78. The Morgan fingerprint density at radius 2 is 2.38 bits per heavy atom. The molecule has 2 rings (SSSR count). The molecule has 5 heteroatoms. The van der Waals surface area contributed by atoms with E-state index in [1.54, 1.807) is 17.2 Å². The Kier molecular flexibility index (Phi) is 1.99. The fourth-order valence-corrected chi connectivity index (χ4v) is 1.05. The number of aromatic nitrogens is 5. The summed E-state index contributed by atoms with van der Waals surface area (Å²) in [4.78, 5) is 5.55. The number of rotatable bonds is 2. The third kappa shape index (κ3) is 1.87. The fourth-order valence-electron chi connectivity index (χ4n) is 1.05. The lowest BCUT2D eigenvalue weighted by atomic mass is 10.3. The number of pyridine rings is 1. The van der Waals surface area contributed by atoms with Gasteiger partial charge in [-0.1, -0.05) is 6.07 Å². The van der Waals surface area contributed by atoms with E-state index in [-0.39, 0.29) is 0 Å². The van der Waals surface area contributed by atoms with Crippen LogP contribution in [-0.4, -0.2) is 25.2 Å². The van der Waals surface area contributed by atoms with E-state index >= 15 is 0 Å². The monoisotopic (exact) mass is 175 g/mol. The highest BCUT2D eigenvalue weighted by Crippen LogP contribution is 1.96. The van der Waals surface area contributed by atoms with Gasteiger partial charge in [-0.3, -0.25) is 4.98 Å². The van der Waals surface area contributed by atoms with Crippen LogP contribution in [-0.2, 0) is 6.54 Å². The zero-order chi connectivity index (χ0) is 9.10. The maximum atomic E-state index is 4.07. The number of hydrogen-bond donors (Lipinski definition) is 0. The van der Waals surface area contributed by atoms with Crippen LogP contribution in [0, 0.1) is 6.92 Å². The molecular weight excluding hydrogens is 166 g/mol. The summed E-state index contributed by atoms with van der Waals surface area (Å²) in [7, 11) is 0. The van der Waals surface area contributed by atoms with E-state index in [4.69, 9.17) is 0 Å². The van der Waals surface area contributed by atoms with Gasteiger partial charge in [-0.15, -0.1) is 10.2 Å². The topological polar surface area (TPSA) is 56.5 Å². The van der Waals surface area contributed by atoms with Gasteiger partial charge in [-0.2, -0.15) is 4.80 Å². The molecule has 0 N–H and O–H groups in total. The first-order valence-corrected chi connectivity index (χ1v) is 3.98. The van der Waals surface area contributed by atoms with Crippen molar-refractivity contribution in [3.05, 3.63) is 35.9 Å². The number of tetrazole rings is 1. The van der Waals surface area contributed by atoms with Crippen LogP contribution in [0.1, 0.15) is 11.4 Å². The zero-order valence-corrected chi connectivity index (χ0v) is 7.25. The van der Waals surface area contributed by atoms with Crippen molar-refractivity contribution in [2.45, 2.75) is 13.5 Å². The number of aryl methyl sites for hydroxylation is 1. The van der Waals surface area contributed by atoms with Crippen molar-refractivity contribution in [2.24, 2.45) is 0 Å². The summed E-state index contributed by atoms with van der Waals surface area (Å²) in [6.07, 6.45) is 3.53. The van der Waals surface area contributed by atoms with Crippen LogP contribution in [0.2, 0.25) is 0 Å². The van der Waals surface area contributed by atoms with Crippen LogP contribution in [0.5, 0.6) is 0 Å². The molecule has 0 aliphatic carbocycles. The summed E-state index contributed by atoms with van der Waals surface area (Å²) in [5, 5.41) is 11.7. The van der Waals surface area contributed by atoms with Gasteiger partial charge in [0.1, 0.15) is 0 Å². The van der Waals surface area contributed by atoms with Crippen molar-refractivity contribution < 1.29 is 0 Å². The summed E-state index contributed by atoms with van der Waals surface area (Å²) < 4.78 is 0. The second-order valence-electron chi connectivity index (χ2n) is 2.73. The van der Waals surface area contributed by atoms with Crippen molar-refractivity contribution >= 4 is 0 Å². The molecule has 0 radical (unpaired) electrons. The summed E-state index contributed by atoms with van der Waals surface area (Å²) in [5.41, 5.74) is 1.07. The quantitative estimate of drug-likeness (QED) is 0.664. The second kappa shape index (κ2) is 3.30. The lowest BCUT2D eigenvalue weighted by Crippen LogP contribution is -2.04. The van der Waals surface area contributed by atoms with Crippen LogP contribution in [0.3, 0.4) is 0 Å². The van der Waals surface area contributed by atoms with Crippen molar-refractivity contribution in [1.29, 1.82) is 0 Å². The van der Waals surface area contributed by atoms with E-state index in [2.05, 4.69) is 20.4 Å². The van der Waals surface area contributed by atoms with Crippen LogP contribution in [0.4, 0.5) is 0 Å². The lowest BCUT2D eigenvalue weighted by Gasteiger charge is -1.96. The molecule has 0 unspecified atom stereocenters. The van der Waals surface area contributed by atoms with Gasteiger partial charge in [-0.05, 0) is 23.8 Å². The molecule has 0 saturated carbocycles. The van der Waals surface area contributed by atoms with Crippen molar-refractivity contribution in [3.8, 4) is 0 Å². The molecule has 2 heterocycles. The third-order valence-corrected chi connectivity index (χ3v) is 1.60. The smallest absolute Gasteiger partial charge is 0.171 e. The van der Waals surface area contributed by atoms with Crippen LogP contribution >= 0.6 is 0 Å². The van der Waals surface area contributed by atoms with E-state index in [1.807, 2.05) is 19.1 Å². The van der Waals surface area contributed by atoms with Gasteiger partial charge in [-0.25, -0.2) is 0 Å². The third-order valence-electron chi connectivity index (χ3n) is 1.60. The Morgan fingerprint density at radius 1 is 1.46 bits per heavy atom. The van der Waals surface area contributed by atoms with E-state index < -0.39 is 0 Å². The zero-order valence-electron chi connectivity index (χ0n) is 7.25. The Morgan fingerprint density at radius 3 is 3.00 bits per heavy atom. The molecule has 66 valence electrons. The van der Waals surface area contributed by atoms with Crippen LogP contribution in [0.15, 0.2) is 24.5 Å². The standard InChI is InChI=1S/C8H9N5/c1-7-10-12-13(11-7)6-8-3-2-4-9-5-8/h2-5H,6H2,1H3. The molecule has 0 atom stereocenters. The average molecular weight is 175 g/mol. The first-order valence-electron chi connectivity index (χ1n) is 3.98. The number of nitrogens with zero attached hydrogens (tertiary/aromatic N) is 5. The molecule has 0 saturated heterocycles. The molecule has 0 fully saturated rings. The highest BCUT2D eigenvalue weighted by atomic mass is 15.6. The molecule has 0 bridgehead atoms. The first kappa shape index (κ1) is 7.85. The minimum atomic E-state index is 0.620. The molecule has 0 spiro atoms. The molecule has 0 aromatic carbocycles. The lowest BCUT2D eigenvalue weighted by molar-refractivity contribution is 0.570. The van der Waals surface area contributed by atoms with Gasteiger partial charge in [0.25, 0.3) is 0 Å². The summed E-state index contributed by atoms with van der Waals surface area (Å²) in [6, 6.07) is 3.87. The van der Waals surface area contributed by atoms with Crippen molar-refractivity contribution in [1.82, 2.24) is 25.2 Å². The molecule has 0 aliphatic heterocycles. The highest BCUT2D eigenvalue weighted by Gasteiger charge is 1.97. The van der Waals surface area contributed by atoms with Crippen LogP contribution in [0.25, 0.3) is 0 Å². The maximum absolute atomic E-state index is 4.07. The molecule has 13 heavy (non-hydrogen) atoms. The van der Waals surface area contributed by atoms with Gasteiger partial charge in [0.2, 0.25) is 0 Å². The van der Waals surface area contributed by atoms with Gasteiger partial charge in [0, 0.05) is 12.4 Å². The van der Waals surface area contributed by atoms with Gasteiger partial charge >= 0.3 is 0 Å². The molecular formula is C8H9N5. The fraction of sp³-hybridized carbons (Fsp3) is 0.250. The number of hydrogen-bond acceptors (Lipinski definition) is 4. The minimum Gasteiger partial charge on any atom is -0.264 e. The summed E-state index contributed by atoms with van der Waals surface area (Å²) in [5.74, 6) is 0.684. The molecule has 5 nitrogen and oxygen atoms in total. The van der Waals surface area contributed by atoms with E-state index in [0.29, 0.717) is 12.4 Å². The van der Waals surface area contributed by atoms with Gasteiger partial charge in [0.15, 0.2) is 5.82 Å². The Labute approximate surface area is 75.4 Å². The van der Waals surface area contributed by atoms with Gasteiger partial charge < -0.3 is 0 Å². The highest BCUT2D eigenvalue weighted by molar-refractivity contribution is 5.07. The largest absolute Gasteiger partial charge is 0.264 e. The first-order chi connectivity index (χ1) is 6.34. The van der Waals surface area contributed by atoms with Gasteiger partial charge in [0.05, 0.1) is 6.54 Å².